The summed E-state index contributed by atoms with van der Waals surface area (Å²) in [4.78, 5) is 8.03. The zero-order valence-electron chi connectivity index (χ0n) is 13.7. The largest absolute Gasteiger partial charge is 0.303 e. The molecular weight excluding hydrogens is 338 g/mol. The summed E-state index contributed by atoms with van der Waals surface area (Å²) in [5.74, 6) is 0.878. The average Bonchev–Trinajstić information content (AvgIpc) is 3.19. The second-order valence-corrected chi connectivity index (χ2v) is 7.45. The Hall–Kier alpha value is -1.83. The molecule has 1 aliphatic rings. The van der Waals surface area contributed by atoms with Crippen LogP contribution >= 0.6 is 23.6 Å². The van der Waals surface area contributed by atoms with Gasteiger partial charge in [-0.15, -0.1) is 11.3 Å². The van der Waals surface area contributed by atoms with Crippen LogP contribution in [0.4, 0.5) is 0 Å². The number of thiophene rings is 1. The van der Waals surface area contributed by atoms with Gasteiger partial charge in [0.25, 0.3) is 0 Å². The standard InChI is InChI=1S/C17H19N5S2/c1-12-14-6-10-24-15(14)5-9-21(12)11-22-17(23)20(2)16(19-22)13-3-7-18-8-4-13/h3-4,6-8,10,12H,5,9,11H2,1-2H3/t12-/m1/s1. The highest BCUT2D eigenvalue weighted by Crippen LogP contribution is 2.33. The number of hydrogen-bond donors (Lipinski definition) is 0. The van der Waals surface area contributed by atoms with Crippen molar-refractivity contribution in [1.29, 1.82) is 0 Å². The fourth-order valence-corrected chi connectivity index (χ4v) is 4.41. The third kappa shape index (κ3) is 2.62. The minimum absolute atomic E-state index is 0.397. The first kappa shape index (κ1) is 15.7. The van der Waals surface area contributed by atoms with Gasteiger partial charge in [-0.25, -0.2) is 4.68 Å². The maximum absolute atomic E-state index is 5.61. The highest BCUT2D eigenvalue weighted by molar-refractivity contribution is 7.71. The third-order valence-electron chi connectivity index (χ3n) is 4.70. The Morgan fingerprint density at radius 3 is 2.88 bits per heavy atom. The van der Waals surface area contributed by atoms with Gasteiger partial charge < -0.3 is 4.57 Å². The van der Waals surface area contributed by atoms with Crippen molar-refractivity contribution in [3.05, 3.63) is 51.2 Å². The minimum Gasteiger partial charge on any atom is -0.303 e. The number of nitrogens with zero attached hydrogens (tertiary/aromatic N) is 5. The zero-order chi connectivity index (χ0) is 16.7. The quantitative estimate of drug-likeness (QED) is 0.671. The fourth-order valence-electron chi connectivity index (χ4n) is 3.26. The van der Waals surface area contributed by atoms with Gasteiger partial charge in [0, 0.05) is 42.5 Å². The van der Waals surface area contributed by atoms with Crippen molar-refractivity contribution >= 4 is 23.6 Å². The predicted octanol–water partition coefficient (Wildman–Crippen LogP) is 3.65. The first-order valence-corrected chi connectivity index (χ1v) is 9.28. The molecule has 0 radical (unpaired) electrons. The molecule has 4 rings (SSSR count). The summed E-state index contributed by atoms with van der Waals surface area (Å²) in [6, 6.07) is 6.57. The SMILES string of the molecule is C[C@@H]1c2ccsc2CCN1Cn1nc(-c2ccncc2)n(C)c1=S. The maximum Gasteiger partial charge on any atom is 0.199 e. The molecular formula is C17H19N5S2. The van der Waals surface area contributed by atoms with Crippen LogP contribution in [-0.2, 0) is 20.1 Å². The monoisotopic (exact) mass is 357 g/mol. The van der Waals surface area contributed by atoms with Gasteiger partial charge in [-0.3, -0.25) is 9.88 Å². The molecule has 0 spiro atoms. The molecule has 3 aromatic heterocycles. The van der Waals surface area contributed by atoms with Gasteiger partial charge in [-0.2, -0.15) is 5.10 Å². The molecule has 1 aliphatic heterocycles. The van der Waals surface area contributed by atoms with E-state index < -0.39 is 0 Å². The molecule has 7 heteroatoms. The van der Waals surface area contributed by atoms with Gasteiger partial charge in [-0.05, 0) is 54.7 Å². The van der Waals surface area contributed by atoms with Crippen LogP contribution in [0.5, 0.6) is 0 Å². The van der Waals surface area contributed by atoms with Crippen LogP contribution in [-0.4, -0.2) is 30.8 Å². The van der Waals surface area contributed by atoms with E-state index in [1.807, 2.05) is 39.8 Å². The highest BCUT2D eigenvalue weighted by Gasteiger charge is 2.25. The molecule has 5 nitrogen and oxygen atoms in total. The summed E-state index contributed by atoms with van der Waals surface area (Å²) in [7, 11) is 1.97. The summed E-state index contributed by atoms with van der Waals surface area (Å²) < 4.78 is 4.64. The van der Waals surface area contributed by atoms with Gasteiger partial charge in [-0.1, -0.05) is 0 Å². The Kier molecular flexibility index (Phi) is 4.07. The van der Waals surface area contributed by atoms with Crippen molar-refractivity contribution in [2.45, 2.75) is 26.1 Å². The van der Waals surface area contributed by atoms with Crippen LogP contribution < -0.4 is 0 Å². The Labute approximate surface area is 150 Å². The Balaban J connectivity index is 1.63. The summed E-state index contributed by atoms with van der Waals surface area (Å²) in [6.07, 6.45) is 4.67. The van der Waals surface area contributed by atoms with Crippen LogP contribution in [0.1, 0.15) is 23.4 Å². The van der Waals surface area contributed by atoms with E-state index in [-0.39, 0.29) is 0 Å². The second kappa shape index (κ2) is 6.23. The van der Waals surface area contributed by atoms with Crippen LogP contribution in [0.3, 0.4) is 0 Å². The van der Waals surface area contributed by atoms with Crippen molar-refractivity contribution in [1.82, 2.24) is 24.2 Å². The zero-order valence-corrected chi connectivity index (χ0v) is 15.3. The summed E-state index contributed by atoms with van der Waals surface area (Å²) in [5, 5.41) is 6.95. The van der Waals surface area contributed by atoms with E-state index in [0.29, 0.717) is 12.7 Å². The van der Waals surface area contributed by atoms with E-state index in [9.17, 15) is 0 Å². The molecule has 0 bridgehead atoms. The summed E-state index contributed by atoms with van der Waals surface area (Å²) >= 11 is 7.47. The van der Waals surface area contributed by atoms with Crippen LogP contribution in [0.15, 0.2) is 36.0 Å². The van der Waals surface area contributed by atoms with Gasteiger partial charge >= 0.3 is 0 Å². The lowest BCUT2D eigenvalue weighted by atomic mass is 10.0. The average molecular weight is 358 g/mol. The highest BCUT2D eigenvalue weighted by atomic mass is 32.1. The number of pyridine rings is 1. The summed E-state index contributed by atoms with van der Waals surface area (Å²) in [5.41, 5.74) is 2.48. The molecule has 24 heavy (non-hydrogen) atoms. The third-order valence-corrected chi connectivity index (χ3v) is 6.18. The molecule has 124 valence electrons. The lowest BCUT2D eigenvalue weighted by Crippen LogP contribution is -2.35. The molecule has 1 atom stereocenters. The molecule has 0 amide bonds. The normalized spacial score (nSPS) is 17.8. The molecule has 0 saturated carbocycles. The van der Waals surface area contributed by atoms with E-state index in [1.165, 1.54) is 10.4 Å². The number of fused-ring (bicyclic) bond motifs is 1. The van der Waals surface area contributed by atoms with Crippen LogP contribution in [0.2, 0.25) is 0 Å². The smallest absolute Gasteiger partial charge is 0.199 e. The van der Waals surface area contributed by atoms with Crippen molar-refractivity contribution < 1.29 is 0 Å². The lowest BCUT2D eigenvalue weighted by molar-refractivity contribution is 0.144. The van der Waals surface area contributed by atoms with Crippen molar-refractivity contribution in [2.24, 2.45) is 7.05 Å². The van der Waals surface area contributed by atoms with Gasteiger partial charge in [0.05, 0.1) is 6.67 Å². The molecule has 3 aromatic rings. The molecule has 0 aliphatic carbocycles. The van der Waals surface area contributed by atoms with E-state index in [0.717, 1.165) is 29.1 Å². The van der Waals surface area contributed by atoms with Crippen LogP contribution in [0.25, 0.3) is 11.4 Å². The van der Waals surface area contributed by atoms with Gasteiger partial charge in [0.1, 0.15) is 0 Å². The first-order valence-electron chi connectivity index (χ1n) is 7.99. The predicted molar refractivity (Wildman–Crippen MR) is 98.4 cm³/mol. The van der Waals surface area contributed by atoms with Gasteiger partial charge in [0.15, 0.2) is 10.6 Å². The lowest BCUT2D eigenvalue weighted by Gasteiger charge is -2.33. The molecule has 0 unspecified atom stereocenters. The number of aromatic nitrogens is 4. The molecule has 0 aromatic carbocycles. The molecule has 0 saturated heterocycles. The number of hydrogen-bond acceptors (Lipinski definition) is 5. The van der Waals surface area contributed by atoms with E-state index in [2.05, 4.69) is 28.3 Å². The topological polar surface area (TPSA) is 38.9 Å². The Morgan fingerprint density at radius 1 is 1.29 bits per heavy atom. The van der Waals surface area contributed by atoms with E-state index in [1.54, 1.807) is 12.4 Å². The first-order chi connectivity index (χ1) is 11.6. The fraction of sp³-hybridized carbons (Fsp3) is 0.353. The molecule has 0 N–H and O–H groups in total. The summed E-state index contributed by atoms with van der Waals surface area (Å²) in [6.45, 7) is 4.02. The maximum atomic E-state index is 5.61. The molecule has 0 fully saturated rings. The van der Waals surface area contributed by atoms with E-state index >= 15 is 0 Å². The Morgan fingerprint density at radius 2 is 2.08 bits per heavy atom. The van der Waals surface area contributed by atoms with E-state index in [4.69, 9.17) is 17.3 Å². The van der Waals surface area contributed by atoms with Crippen LogP contribution in [0, 0.1) is 4.77 Å². The van der Waals surface area contributed by atoms with Crippen molar-refractivity contribution in [3.63, 3.8) is 0 Å². The van der Waals surface area contributed by atoms with Gasteiger partial charge in [0.2, 0.25) is 0 Å². The van der Waals surface area contributed by atoms with Crippen molar-refractivity contribution in [2.75, 3.05) is 6.54 Å². The Bertz CT molecular complexity index is 909. The second-order valence-electron chi connectivity index (χ2n) is 6.08. The minimum atomic E-state index is 0.397. The number of rotatable bonds is 3. The van der Waals surface area contributed by atoms with Crippen molar-refractivity contribution in [3.8, 4) is 11.4 Å². The molecule has 4 heterocycles.